The van der Waals surface area contributed by atoms with Crippen LogP contribution in [-0.2, 0) is 11.3 Å². The molecule has 0 aliphatic heterocycles. The zero-order valence-corrected chi connectivity index (χ0v) is 9.46. The molecule has 0 aliphatic rings. The third-order valence-electron chi connectivity index (χ3n) is 1.87. The molecule has 0 radical (unpaired) electrons. The topological polar surface area (TPSA) is 38.7 Å². The lowest BCUT2D eigenvalue weighted by molar-refractivity contribution is 0.110. The van der Waals surface area contributed by atoms with Crippen LogP contribution in [0.25, 0.3) is 0 Å². The number of aliphatic hydroxyl groups is 1. The van der Waals surface area contributed by atoms with Gasteiger partial charge in [-0.2, -0.15) is 0 Å². The highest BCUT2D eigenvalue weighted by Crippen LogP contribution is 2.25. The van der Waals surface area contributed by atoms with E-state index < -0.39 is 0 Å². The van der Waals surface area contributed by atoms with Crippen LogP contribution in [0.4, 0.5) is 0 Å². The molecular weight excluding hydrogens is 216 g/mol. The third kappa shape index (κ3) is 4.08. The molecule has 0 saturated heterocycles. The standard InChI is InChI=1S/C11H15ClO3/c1-2-14-5-6-15-11-4-3-9(8-13)7-10(11)12/h3-4,7,13H,2,5-6,8H2,1H3. The minimum Gasteiger partial charge on any atom is -0.490 e. The Morgan fingerprint density at radius 3 is 2.73 bits per heavy atom. The fourth-order valence-electron chi connectivity index (χ4n) is 1.11. The predicted octanol–water partition coefficient (Wildman–Crippen LogP) is 2.25. The van der Waals surface area contributed by atoms with Crippen molar-refractivity contribution in [1.82, 2.24) is 0 Å². The molecule has 1 aromatic rings. The minimum atomic E-state index is -0.0149. The normalized spacial score (nSPS) is 10.3. The van der Waals surface area contributed by atoms with Crippen LogP contribution in [0.3, 0.4) is 0 Å². The van der Waals surface area contributed by atoms with E-state index in [1.807, 2.05) is 6.92 Å². The molecule has 84 valence electrons. The smallest absolute Gasteiger partial charge is 0.138 e. The van der Waals surface area contributed by atoms with Crippen molar-refractivity contribution in [2.45, 2.75) is 13.5 Å². The Hall–Kier alpha value is -0.770. The van der Waals surface area contributed by atoms with Gasteiger partial charge in [-0.3, -0.25) is 0 Å². The molecule has 1 aromatic carbocycles. The highest BCUT2D eigenvalue weighted by atomic mass is 35.5. The molecule has 0 heterocycles. The van der Waals surface area contributed by atoms with E-state index >= 15 is 0 Å². The summed E-state index contributed by atoms with van der Waals surface area (Å²) >= 11 is 5.94. The van der Waals surface area contributed by atoms with Crippen LogP contribution in [0.5, 0.6) is 5.75 Å². The van der Waals surface area contributed by atoms with Crippen LogP contribution in [0.15, 0.2) is 18.2 Å². The van der Waals surface area contributed by atoms with Crippen molar-refractivity contribution in [2.75, 3.05) is 19.8 Å². The number of hydrogen-bond acceptors (Lipinski definition) is 3. The highest BCUT2D eigenvalue weighted by Gasteiger charge is 2.02. The maximum atomic E-state index is 8.88. The van der Waals surface area contributed by atoms with Gasteiger partial charge in [-0.25, -0.2) is 0 Å². The van der Waals surface area contributed by atoms with Crippen LogP contribution >= 0.6 is 11.6 Å². The van der Waals surface area contributed by atoms with Gasteiger partial charge >= 0.3 is 0 Å². The Labute approximate surface area is 94.6 Å². The lowest BCUT2D eigenvalue weighted by Crippen LogP contribution is -2.06. The van der Waals surface area contributed by atoms with Crippen LogP contribution < -0.4 is 4.74 Å². The van der Waals surface area contributed by atoms with Crippen molar-refractivity contribution in [3.8, 4) is 5.75 Å². The van der Waals surface area contributed by atoms with Gasteiger partial charge in [0.15, 0.2) is 0 Å². The van der Waals surface area contributed by atoms with Gasteiger partial charge < -0.3 is 14.6 Å². The third-order valence-corrected chi connectivity index (χ3v) is 2.16. The molecule has 0 aliphatic carbocycles. The highest BCUT2D eigenvalue weighted by molar-refractivity contribution is 6.32. The van der Waals surface area contributed by atoms with Crippen LogP contribution in [-0.4, -0.2) is 24.9 Å². The fourth-order valence-corrected chi connectivity index (χ4v) is 1.37. The van der Waals surface area contributed by atoms with Gasteiger partial charge in [-0.05, 0) is 24.6 Å². The lowest BCUT2D eigenvalue weighted by Gasteiger charge is -2.08. The number of rotatable bonds is 6. The largest absolute Gasteiger partial charge is 0.490 e. The van der Waals surface area contributed by atoms with Gasteiger partial charge in [0.2, 0.25) is 0 Å². The maximum Gasteiger partial charge on any atom is 0.138 e. The van der Waals surface area contributed by atoms with Gasteiger partial charge in [0, 0.05) is 6.61 Å². The van der Waals surface area contributed by atoms with E-state index in [0.717, 1.165) is 5.56 Å². The average Bonchev–Trinajstić information content (AvgIpc) is 2.26. The summed E-state index contributed by atoms with van der Waals surface area (Å²) in [7, 11) is 0. The number of ether oxygens (including phenoxy) is 2. The Bertz CT molecular complexity index is 302. The second-order valence-corrected chi connectivity index (χ2v) is 3.38. The maximum absolute atomic E-state index is 8.88. The molecule has 4 heteroatoms. The van der Waals surface area contributed by atoms with Gasteiger partial charge in [0.05, 0.1) is 18.2 Å². The second-order valence-electron chi connectivity index (χ2n) is 2.97. The fraction of sp³-hybridized carbons (Fsp3) is 0.455. The number of halogens is 1. The molecule has 3 nitrogen and oxygen atoms in total. The van der Waals surface area contributed by atoms with E-state index in [0.29, 0.717) is 30.6 Å². The second kappa shape index (κ2) is 6.67. The number of benzene rings is 1. The summed E-state index contributed by atoms with van der Waals surface area (Å²) in [6, 6.07) is 5.22. The van der Waals surface area contributed by atoms with Gasteiger partial charge in [-0.15, -0.1) is 0 Å². The van der Waals surface area contributed by atoms with Crippen molar-refractivity contribution in [2.24, 2.45) is 0 Å². The van der Waals surface area contributed by atoms with E-state index in [1.54, 1.807) is 18.2 Å². The Morgan fingerprint density at radius 2 is 2.13 bits per heavy atom. The molecule has 1 rings (SSSR count). The molecule has 0 amide bonds. The first-order valence-electron chi connectivity index (χ1n) is 4.87. The molecular formula is C11H15ClO3. The van der Waals surface area contributed by atoms with Crippen molar-refractivity contribution in [3.63, 3.8) is 0 Å². The molecule has 0 bridgehead atoms. The van der Waals surface area contributed by atoms with Crippen LogP contribution in [0.2, 0.25) is 5.02 Å². The molecule has 0 fully saturated rings. The first kappa shape index (κ1) is 12.3. The first-order chi connectivity index (χ1) is 7.27. The monoisotopic (exact) mass is 230 g/mol. The van der Waals surface area contributed by atoms with Gasteiger partial charge in [0.1, 0.15) is 12.4 Å². The summed E-state index contributed by atoms with van der Waals surface area (Å²) in [5.41, 5.74) is 0.775. The Morgan fingerprint density at radius 1 is 1.33 bits per heavy atom. The molecule has 0 unspecified atom stereocenters. The zero-order chi connectivity index (χ0) is 11.1. The van der Waals surface area contributed by atoms with Crippen molar-refractivity contribution in [3.05, 3.63) is 28.8 Å². The molecule has 0 spiro atoms. The number of aliphatic hydroxyl groups excluding tert-OH is 1. The first-order valence-corrected chi connectivity index (χ1v) is 5.25. The van der Waals surface area contributed by atoms with E-state index in [1.165, 1.54) is 0 Å². The van der Waals surface area contributed by atoms with Crippen LogP contribution in [0.1, 0.15) is 12.5 Å². The molecule has 0 saturated carbocycles. The van der Waals surface area contributed by atoms with E-state index in [4.69, 9.17) is 26.2 Å². The predicted molar refractivity (Wildman–Crippen MR) is 59.4 cm³/mol. The van der Waals surface area contributed by atoms with E-state index in [9.17, 15) is 0 Å². The van der Waals surface area contributed by atoms with Crippen LogP contribution in [0, 0.1) is 0 Å². The zero-order valence-electron chi connectivity index (χ0n) is 8.70. The Kier molecular flexibility index (Phi) is 5.47. The molecule has 1 N–H and O–H groups in total. The van der Waals surface area contributed by atoms with Crippen molar-refractivity contribution < 1.29 is 14.6 Å². The summed E-state index contributed by atoms with van der Waals surface area (Å²) in [5.74, 6) is 0.619. The van der Waals surface area contributed by atoms with Gasteiger partial charge in [0.25, 0.3) is 0 Å². The van der Waals surface area contributed by atoms with Crippen molar-refractivity contribution >= 4 is 11.6 Å². The van der Waals surface area contributed by atoms with Gasteiger partial charge in [-0.1, -0.05) is 17.7 Å². The lowest BCUT2D eigenvalue weighted by atomic mass is 10.2. The summed E-state index contributed by atoms with van der Waals surface area (Å²) in [6.45, 7) is 3.63. The molecule has 0 aromatic heterocycles. The number of hydrogen-bond donors (Lipinski definition) is 1. The summed E-state index contributed by atoms with van der Waals surface area (Å²) < 4.78 is 10.5. The van der Waals surface area contributed by atoms with Crippen molar-refractivity contribution in [1.29, 1.82) is 0 Å². The quantitative estimate of drug-likeness (QED) is 0.762. The van der Waals surface area contributed by atoms with E-state index in [2.05, 4.69) is 0 Å². The average molecular weight is 231 g/mol. The SMILES string of the molecule is CCOCCOc1ccc(CO)cc1Cl. The molecule has 15 heavy (non-hydrogen) atoms. The van der Waals surface area contributed by atoms with E-state index in [-0.39, 0.29) is 6.61 Å². The molecule has 0 atom stereocenters. The summed E-state index contributed by atoms with van der Waals surface area (Å²) in [6.07, 6.45) is 0. The summed E-state index contributed by atoms with van der Waals surface area (Å²) in [5, 5.41) is 9.39. The summed E-state index contributed by atoms with van der Waals surface area (Å²) in [4.78, 5) is 0. The Balaban J connectivity index is 2.47. The minimum absolute atomic E-state index is 0.0149.